The van der Waals surface area contributed by atoms with E-state index < -0.39 is 10.0 Å². The van der Waals surface area contributed by atoms with Gasteiger partial charge in [-0.3, -0.25) is 0 Å². The first kappa shape index (κ1) is 17.1. The minimum absolute atomic E-state index is 0.357. The van der Waals surface area contributed by atoms with Crippen molar-refractivity contribution in [3.05, 3.63) is 59.3 Å². The van der Waals surface area contributed by atoms with Crippen LogP contribution >= 0.6 is 0 Å². The maximum Gasteiger partial charge on any atom is 0.243 e. The molecular weight excluding hydrogens is 348 g/mol. The van der Waals surface area contributed by atoms with Crippen molar-refractivity contribution in [1.29, 1.82) is 0 Å². The number of hydrogen-bond donors (Lipinski definition) is 1. The Labute approximate surface area is 153 Å². The minimum Gasteiger partial charge on any atom is -0.497 e. The number of H-pyrrole nitrogens is 1. The van der Waals surface area contributed by atoms with Crippen molar-refractivity contribution >= 4 is 20.9 Å². The minimum atomic E-state index is -3.50. The van der Waals surface area contributed by atoms with Crippen LogP contribution in [0.2, 0.25) is 0 Å². The molecule has 0 atom stereocenters. The lowest BCUT2D eigenvalue weighted by Gasteiger charge is -2.26. The zero-order valence-corrected chi connectivity index (χ0v) is 15.8. The van der Waals surface area contributed by atoms with Crippen molar-refractivity contribution < 1.29 is 13.2 Å². The van der Waals surface area contributed by atoms with Gasteiger partial charge >= 0.3 is 0 Å². The van der Waals surface area contributed by atoms with Crippen LogP contribution in [0.4, 0.5) is 0 Å². The summed E-state index contributed by atoms with van der Waals surface area (Å²) >= 11 is 0. The van der Waals surface area contributed by atoms with Crippen molar-refractivity contribution in [2.24, 2.45) is 0 Å². The van der Waals surface area contributed by atoms with Gasteiger partial charge < -0.3 is 9.72 Å². The molecule has 136 valence electrons. The smallest absolute Gasteiger partial charge is 0.243 e. The van der Waals surface area contributed by atoms with Crippen LogP contribution in [0.5, 0.6) is 5.75 Å². The monoisotopic (exact) mass is 370 g/mol. The molecule has 0 unspecified atom stereocenters. The number of methoxy groups -OCH3 is 1. The highest BCUT2D eigenvalue weighted by atomic mass is 32.2. The van der Waals surface area contributed by atoms with E-state index >= 15 is 0 Å². The molecule has 0 bridgehead atoms. The van der Waals surface area contributed by atoms with E-state index in [-0.39, 0.29) is 0 Å². The van der Waals surface area contributed by atoms with E-state index in [1.54, 1.807) is 23.5 Å². The summed E-state index contributed by atoms with van der Waals surface area (Å²) in [5.74, 6) is 0.773. The van der Waals surface area contributed by atoms with E-state index in [1.807, 2.05) is 30.3 Å². The summed E-state index contributed by atoms with van der Waals surface area (Å²) in [6.07, 6.45) is 1.57. The highest BCUT2D eigenvalue weighted by molar-refractivity contribution is 7.89. The summed E-state index contributed by atoms with van der Waals surface area (Å²) in [6.45, 7) is 2.91. The van der Waals surface area contributed by atoms with Gasteiger partial charge in [0.15, 0.2) is 0 Å². The molecule has 1 aliphatic heterocycles. The van der Waals surface area contributed by atoms with Crippen LogP contribution in [0, 0.1) is 0 Å². The zero-order valence-electron chi connectivity index (χ0n) is 15.0. The molecule has 1 aliphatic rings. The standard InChI is InChI=1S/C20H22N2O3S/c1-3-14-4-7-16(8-5-14)26(23,24)22-11-10-20-18(13-22)17-12-15(25-2)6-9-19(17)21-20/h4-9,12,21H,3,10-11,13H2,1-2H3. The first-order valence-electron chi connectivity index (χ1n) is 8.79. The largest absolute Gasteiger partial charge is 0.497 e. The fourth-order valence-corrected chi connectivity index (χ4v) is 4.96. The first-order valence-corrected chi connectivity index (χ1v) is 10.2. The van der Waals surface area contributed by atoms with E-state index in [1.165, 1.54) is 0 Å². The highest BCUT2D eigenvalue weighted by Crippen LogP contribution is 2.32. The molecule has 4 rings (SSSR count). The van der Waals surface area contributed by atoms with Gasteiger partial charge in [-0.05, 0) is 47.9 Å². The Morgan fingerprint density at radius 2 is 1.92 bits per heavy atom. The molecule has 6 heteroatoms. The number of ether oxygens (including phenoxy) is 1. The lowest BCUT2D eigenvalue weighted by Crippen LogP contribution is -2.35. The summed E-state index contributed by atoms with van der Waals surface area (Å²) in [7, 11) is -1.87. The summed E-state index contributed by atoms with van der Waals surface area (Å²) < 4.78 is 33.0. The van der Waals surface area contributed by atoms with E-state index in [4.69, 9.17) is 4.74 Å². The molecule has 3 aromatic rings. The van der Waals surface area contributed by atoms with Crippen molar-refractivity contribution in [2.45, 2.75) is 31.2 Å². The van der Waals surface area contributed by atoms with Crippen LogP contribution in [0.1, 0.15) is 23.7 Å². The van der Waals surface area contributed by atoms with Crippen LogP contribution < -0.4 is 4.74 Å². The average Bonchev–Trinajstić information content (AvgIpc) is 3.05. The molecule has 0 saturated heterocycles. The molecule has 2 heterocycles. The van der Waals surface area contributed by atoms with Gasteiger partial charge in [-0.2, -0.15) is 4.31 Å². The number of aryl methyl sites for hydroxylation is 1. The molecule has 0 spiro atoms. The Morgan fingerprint density at radius 3 is 2.62 bits per heavy atom. The van der Waals surface area contributed by atoms with Gasteiger partial charge in [0, 0.05) is 36.1 Å². The van der Waals surface area contributed by atoms with E-state index in [2.05, 4.69) is 11.9 Å². The number of rotatable bonds is 4. The molecule has 0 saturated carbocycles. The molecular formula is C20H22N2O3S. The number of nitrogens with one attached hydrogen (secondary N) is 1. The number of benzene rings is 2. The van der Waals surface area contributed by atoms with E-state index in [0.29, 0.717) is 24.4 Å². The lowest BCUT2D eigenvalue weighted by atomic mass is 10.1. The summed E-state index contributed by atoms with van der Waals surface area (Å²) in [4.78, 5) is 3.77. The molecule has 26 heavy (non-hydrogen) atoms. The Morgan fingerprint density at radius 1 is 1.15 bits per heavy atom. The van der Waals surface area contributed by atoms with Gasteiger partial charge in [-0.15, -0.1) is 0 Å². The molecule has 1 N–H and O–H groups in total. The zero-order chi connectivity index (χ0) is 18.3. The van der Waals surface area contributed by atoms with Crippen LogP contribution in [0.3, 0.4) is 0 Å². The van der Waals surface area contributed by atoms with Gasteiger partial charge in [0.25, 0.3) is 0 Å². The number of aromatic nitrogens is 1. The number of hydrogen-bond acceptors (Lipinski definition) is 3. The second-order valence-corrected chi connectivity index (χ2v) is 8.52. The normalized spacial score (nSPS) is 15.2. The Bertz CT molecular complexity index is 1050. The molecule has 2 aromatic carbocycles. The fraction of sp³-hybridized carbons (Fsp3) is 0.300. The quantitative estimate of drug-likeness (QED) is 0.765. The van der Waals surface area contributed by atoms with Crippen molar-refractivity contribution in [3.8, 4) is 5.75 Å². The van der Waals surface area contributed by atoms with Crippen LogP contribution in [0.15, 0.2) is 47.4 Å². The summed E-state index contributed by atoms with van der Waals surface area (Å²) in [6, 6.07) is 13.1. The first-order chi connectivity index (χ1) is 12.5. The van der Waals surface area contributed by atoms with Crippen LogP contribution in [-0.2, 0) is 29.4 Å². The molecule has 0 radical (unpaired) electrons. The molecule has 1 aromatic heterocycles. The average molecular weight is 370 g/mol. The number of nitrogens with zero attached hydrogens (tertiary/aromatic N) is 1. The SMILES string of the molecule is CCc1ccc(S(=O)(=O)N2CCc3[nH]c4ccc(OC)cc4c3C2)cc1. The Kier molecular flexibility index (Phi) is 4.25. The molecule has 5 nitrogen and oxygen atoms in total. The van der Waals surface area contributed by atoms with Crippen molar-refractivity contribution in [2.75, 3.05) is 13.7 Å². The fourth-order valence-electron chi connectivity index (χ4n) is 3.55. The third-order valence-electron chi connectivity index (χ3n) is 5.12. The topological polar surface area (TPSA) is 62.4 Å². The Hall–Kier alpha value is -2.31. The van der Waals surface area contributed by atoms with Gasteiger partial charge in [0.2, 0.25) is 10.0 Å². The van der Waals surface area contributed by atoms with E-state index in [9.17, 15) is 8.42 Å². The molecule has 0 amide bonds. The van der Waals surface area contributed by atoms with Gasteiger partial charge in [0.05, 0.1) is 12.0 Å². The predicted octanol–water partition coefficient (Wildman–Crippen LogP) is 3.49. The van der Waals surface area contributed by atoms with Gasteiger partial charge in [-0.1, -0.05) is 19.1 Å². The molecule has 0 fully saturated rings. The Balaban J connectivity index is 1.70. The highest BCUT2D eigenvalue weighted by Gasteiger charge is 2.30. The lowest BCUT2D eigenvalue weighted by molar-refractivity contribution is 0.391. The maximum absolute atomic E-state index is 13.1. The van der Waals surface area contributed by atoms with Gasteiger partial charge in [-0.25, -0.2) is 8.42 Å². The van der Waals surface area contributed by atoms with E-state index in [0.717, 1.165) is 39.9 Å². The van der Waals surface area contributed by atoms with Crippen LogP contribution in [0.25, 0.3) is 10.9 Å². The number of fused-ring (bicyclic) bond motifs is 3. The third-order valence-corrected chi connectivity index (χ3v) is 6.98. The third kappa shape index (κ3) is 2.79. The maximum atomic E-state index is 13.1. The number of aromatic amines is 1. The predicted molar refractivity (Wildman–Crippen MR) is 102 cm³/mol. The summed E-state index contributed by atoms with van der Waals surface area (Å²) in [5, 5.41) is 1.03. The number of sulfonamides is 1. The second kappa shape index (κ2) is 6.45. The summed E-state index contributed by atoms with van der Waals surface area (Å²) in [5.41, 5.74) is 4.30. The van der Waals surface area contributed by atoms with Crippen molar-refractivity contribution in [3.63, 3.8) is 0 Å². The van der Waals surface area contributed by atoms with Crippen molar-refractivity contribution in [1.82, 2.24) is 9.29 Å². The van der Waals surface area contributed by atoms with Crippen LogP contribution in [-0.4, -0.2) is 31.4 Å². The van der Waals surface area contributed by atoms with Gasteiger partial charge in [0.1, 0.15) is 5.75 Å². The molecule has 0 aliphatic carbocycles. The second-order valence-electron chi connectivity index (χ2n) is 6.58.